The van der Waals surface area contributed by atoms with E-state index in [-0.39, 0.29) is 71.5 Å². The fraction of sp³-hybridized carbons (Fsp3) is 0.312. The number of hydrogen-bond donors (Lipinski definition) is 2. The molecule has 4 heterocycles. The van der Waals surface area contributed by atoms with Gasteiger partial charge in [-0.25, -0.2) is 4.98 Å². The van der Waals surface area contributed by atoms with Gasteiger partial charge in [0, 0.05) is 31.1 Å². The summed E-state index contributed by atoms with van der Waals surface area (Å²) >= 11 is 32.3. The molecule has 0 saturated carbocycles. The zero-order valence-corrected chi connectivity index (χ0v) is 29.0. The molecular formula is C32H29Cl5N6O3. The Bertz CT molecular complexity index is 1950. The van der Waals surface area contributed by atoms with Gasteiger partial charge in [0.1, 0.15) is 28.1 Å². The molecule has 2 aromatic heterocycles. The van der Waals surface area contributed by atoms with Crippen molar-refractivity contribution in [2.75, 3.05) is 24.5 Å². The van der Waals surface area contributed by atoms with E-state index in [0.717, 1.165) is 5.57 Å². The second-order valence-corrected chi connectivity index (χ2v) is 13.4. The molecule has 14 heteroatoms. The van der Waals surface area contributed by atoms with Gasteiger partial charge in [-0.1, -0.05) is 78.4 Å². The molecule has 1 aromatic carbocycles. The lowest BCUT2D eigenvalue weighted by atomic mass is 9.94. The molecule has 5 rings (SSSR count). The number of pyridine rings is 2. The second-order valence-electron chi connectivity index (χ2n) is 11.5. The summed E-state index contributed by atoms with van der Waals surface area (Å²) in [5, 5.41) is 24.7. The molecule has 3 aromatic rings. The Kier molecular flexibility index (Phi) is 9.61. The summed E-state index contributed by atoms with van der Waals surface area (Å²) in [4.78, 5) is 35.5. The average Bonchev–Trinajstić information content (AvgIpc) is 3.02. The van der Waals surface area contributed by atoms with Crippen LogP contribution in [0.4, 0.5) is 5.69 Å². The number of nitrogens with one attached hydrogen (secondary N) is 1. The second kappa shape index (κ2) is 13.0. The Morgan fingerprint density at radius 2 is 1.85 bits per heavy atom. The fourth-order valence-corrected chi connectivity index (χ4v) is 7.23. The van der Waals surface area contributed by atoms with Crippen LogP contribution in [0.15, 0.2) is 41.4 Å². The van der Waals surface area contributed by atoms with E-state index in [2.05, 4.69) is 18.0 Å². The molecule has 0 radical (unpaired) electrons. The Labute approximate surface area is 290 Å². The van der Waals surface area contributed by atoms with Crippen LogP contribution in [0, 0.1) is 17.2 Å². The number of carbonyl (C=O) groups is 1. The third kappa shape index (κ3) is 5.50. The minimum absolute atomic E-state index is 0.00521. The molecule has 0 spiro atoms. The largest absolute Gasteiger partial charge is 0.506 e. The van der Waals surface area contributed by atoms with Gasteiger partial charge in [-0.15, -0.1) is 0 Å². The maximum atomic E-state index is 14.6. The topological polar surface area (TPSA) is 114 Å². The monoisotopic (exact) mass is 720 g/mol. The third-order valence-electron chi connectivity index (χ3n) is 8.28. The highest BCUT2D eigenvalue weighted by molar-refractivity contribution is 6.53. The molecule has 9 nitrogen and oxygen atoms in total. The summed E-state index contributed by atoms with van der Waals surface area (Å²) in [5.41, 5.74) is 1.08. The highest BCUT2D eigenvalue weighted by atomic mass is 35.5. The molecule has 240 valence electrons. The first-order chi connectivity index (χ1) is 21.7. The van der Waals surface area contributed by atoms with Gasteiger partial charge < -0.3 is 20.2 Å². The SMILES string of the molecule is C=CC(=O)N1CCN(c2c(C#N)c(=O)n(C3=C(C)C=CNC3C(C)C)c3nc(-c4c(O)c(Cl)c(Cl)c(Cl)c4Cl)c(Cl)cc23)C[C@H]1C. The zero-order chi connectivity index (χ0) is 33.8. The normalized spacial score (nSPS) is 18.3. The highest BCUT2D eigenvalue weighted by Crippen LogP contribution is 2.51. The van der Waals surface area contributed by atoms with Crippen molar-refractivity contribution < 1.29 is 9.90 Å². The van der Waals surface area contributed by atoms with Crippen LogP contribution in [0.2, 0.25) is 25.1 Å². The smallest absolute Gasteiger partial charge is 0.276 e. The summed E-state index contributed by atoms with van der Waals surface area (Å²) in [5.74, 6) is -0.677. The van der Waals surface area contributed by atoms with Crippen LogP contribution in [-0.4, -0.2) is 57.2 Å². The van der Waals surface area contributed by atoms with Crippen molar-refractivity contribution in [2.24, 2.45) is 5.92 Å². The number of aromatic nitrogens is 2. The lowest BCUT2D eigenvalue weighted by Gasteiger charge is -2.41. The molecule has 1 unspecified atom stereocenters. The number of fused-ring (bicyclic) bond motifs is 1. The molecule has 2 aliphatic heterocycles. The molecule has 0 bridgehead atoms. The number of halogens is 5. The molecule has 1 amide bonds. The Balaban J connectivity index is 1.91. The van der Waals surface area contributed by atoms with Crippen LogP contribution < -0.4 is 15.8 Å². The molecule has 0 aliphatic carbocycles. The number of allylic oxidation sites excluding steroid dienone is 2. The van der Waals surface area contributed by atoms with Crippen molar-refractivity contribution in [2.45, 2.75) is 39.8 Å². The van der Waals surface area contributed by atoms with Gasteiger partial charge in [-0.3, -0.25) is 14.2 Å². The van der Waals surface area contributed by atoms with Crippen LogP contribution >= 0.6 is 58.0 Å². The van der Waals surface area contributed by atoms with E-state index >= 15 is 0 Å². The minimum atomic E-state index is -0.595. The van der Waals surface area contributed by atoms with E-state index in [0.29, 0.717) is 36.4 Å². The standard InChI is InChI=1S/C32H29Cl5N6O3/c1-6-20(44)42-10-9-41(13-16(42)5)29-17-11-19(33)27(21-22(34)23(35)24(36)25(37)30(21)45)40-31(17)43(32(46)18(29)12-38)28-15(4)7-8-39-26(28)14(2)3/h6-8,11,14,16,26,39,45H,1,9-10,13H2,2-5H3/t16-,26?/m1/s1. The van der Waals surface area contributed by atoms with Crippen molar-refractivity contribution >= 4 is 86.3 Å². The highest BCUT2D eigenvalue weighted by Gasteiger charge is 2.34. The average molecular weight is 723 g/mol. The number of nitriles is 1. The summed E-state index contributed by atoms with van der Waals surface area (Å²) in [6.45, 7) is 12.3. The Morgan fingerprint density at radius 1 is 1.17 bits per heavy atom. The first-order valence-corrected chi connectivity index (χ1v) is 16.2. The predicted molar refractivity (Wildman–Crippen MR) is 186 cm³/mol. The summed E-state index contributed by atoms with van der Waals surface area (Å²) < 4.78 is 1.42. The zero-order valence-electron chi connectivity index (χ0n) is 25.3. The lowest BCUT2D eigenvalue weighted by Crippen LogP contribution is -2.54. The van der Waals surface area contributed by atoms with E-state index < -0.39 is 11.3 Å². The van der Waals surface area contributed by atoms with Gasteiger partial charge >= 0.3 is 0 Å². The third-order valence-corrected chi connectivity index (χ3v) is 10.4. The summed E-state index contributed by atoms with van der Waals surface area (Å²) in [6, 6.07) is 3.14. The lowest BCUT2D eigenvalue weighted by molar-refractivity contribution is -0.128. The molecule has 46 heavy (non-hydrogen) atoms. The number of carbonyl (C=O) groups excluding carboxylic acids is 1. The van der Waals surface area contributed by atoms with Crippen LogP contribution in [0.25, 0.3) is 28.0 Å². The maximum absolute atomic E-state index is 14.6. The number of rotatable bonds is 5. The van der Waals surface area contributed by atoms with Gasteiger partial charge in [-0.05, 0) is 49.8 Å². The molecule has 1 fully saturated rings. The Hall–Kier alpha value is -3.39. The first-order valence-electron chi connectivity index (χ1n) is 14.3. The van der Waals surface area contributed by atoms with Crippen molar-refractivity contribution in [3.63, 3.8) is 0 Å². The number of phenolic OH excluding ortho intramolecular Hbond substituents is 1. The number of anilines is 1. The van der Waals surface area contributed by atoms with Gasteiger partial charge in [0.25, 0.3) is 5.56 Å². The molecule has 2 atom stereocenters. The number of hydrogen-bond acceptors (Lipinski definition) is 7. The van der Waals surface area contributed by atoms with Crippen LogP contribution in [0.1, 0.15) is 33.3 Å². The van der Waals surface area contributed by atoms with Crippen molar-refractivity contribution in [3.8, 4) is 23.1 Å². The molecular weight excluding hydrogens is 694 g/mol. The molecule has 2 aliphatic rings. The van der Waals surface area contributed by atoms with E-state index in [1.807, 2.05) is 44.9 Å². The number of benzene rings is 1. The van der Waals surface area contributed by atoms with Gasteiger partial charge in [0.05, 0.1) is 48.8 Å². The van der Waals surface area contributed by atoms with E-state index in [1.54, 1.807) is 11.0 Å². The number of aromatic hydroxyl groups is 1. The predicted octanol–water partition coefficient (Wildman–Crippen LogP) is 7.50. The van der Waals surface area contributed by atoms with Crippen LogP contribution in [0.3, 0.4) is 0 Å². The molecule has 2 N–H and O–H groups in total. The van der Waals surface area contributed by atoms with Crippen molar-refractivity contribution in [1.29, 1.82) is 5.26 Å². The van der Waals surface area contributed by atoms with E-state index in [1.165, 1.54) is 10.6 Å². The quantitative estimate of drug-likeness (QED) is 0.159. The van der Waals surface area contributed by atoms with Gasteiger partial charge in [-0.2, -0.15) is 5.26 Å². The van der Waals surface area contributed by atoms with Crippen molar-refractivity contribution in [1.82, 2.24) is 19.8 Å². The summed E-state index contributed by atoms with van der Waals surface area (Å²) in [7, 11) is 0. The fourth-order valence-electron chi connectivity index (χ4n) is 6.05. The maximum Gasteiger partial charge on any atom is 0.276 e. The summed E-state index contributed by atoms with van der Waals surface area (Å²) in [6.07, 6.45) is 4.91. The van der Waals surface area contributed by atoms with E-state index in [4.69, 9.17) is 63.0 Å². The number of amides is 1. The number of phenols is 1. The Morgan fingerprint density at radius 3 is 2.46 bits per heavy atom. The van der Waals surface area contributed by atoms with E-state index in [9.17, 15) is 20.0 Å². The van der Waals surface area contributed by atoms with Crippen molar-refractivity contribution in [3.05, 3.63) is 77.6 Å². The molecule has 1 saturated heterocycles. The van der Waals surface area contributed by atoms with Gasteiger partial charge in [0.15, 0.2) is 0 Å². The van der Waals surface area contributed by atoms with Crippen LogP contribution in [0.5, 0.6) is 5.75 Å². The first kappa shape index (κ1) is 34.0. The number of nitrogens with zero attached hydrogens (tertiary/aromatic N) is 5. The van der Waals surface area contributed by atoms with Gasteiger partial charge in [0.2, 0.25) is 5.91 Å². The van der Waals surface area contributed by atoms with Crippen LogP contribution in [-0.2, 0) is 4.79 Å². The number of dihydropyridines is 1. The number of piperazine rings is 1. The minimum Gasteiger partial charge on any atom is -0.506 e.